The van der Waals surface area contributed by atoms with Crippen molar-refractivity contribution in [1.82, 2.24) is 15.3 Å². The zero-order valence-corrected chi connectivity index (χ0v) is 15.4. The standard InChI is InChI=1S/C20H20N4OS/c1-2-17-14-26-20(24-17)12-22-11-16-6-3-4-8-19(16)25-13-18-15(10-21)7-5-9-23-18/h3-9,14,22H,2,11-13H2,1H3. The van der Waals surface area contributed by atoms with Gasteiger partial charge < -0.3 is 10.1 Å². The van der Waals surface area contributed by atoms with Gasteiger partial charge in [0.15, 0.2) is 0 Å². The minimum Gasteiger partial charge on any atom is -0.487 e. The fourth-order valence-electron chi connectivity index (χ4n) is 2.49. The van der Waals surface area contributed by atoms with Gasteiger partial charge >= 0.3 is 0 Å². The molecule has 0 aliphatic rings. The Morgan fingerprint density at radius 3 is 2.88 bits per heavy atom. The van der Waals surface area contributed by atoms with Crippen molar-refractivity contribution in [2.24, 2.45) is 0 Å². The number of ether oxygens (including phenoxy) is 1. The Kier molecular flexibility index (Phi) is 6.31. The van der Waals surface area contributed by atoms with Crippen LogP contribution in [-0.4, -0.2) is 9.97 Å². The predicted molar refractivity (Wildman–Crippen MR) is 102 cm³/mol. The Balaban J connectivity index is 1.60. The second kappa shape index (κ2) is 9.09. The van der Waals surface area contributed by atoms with Crippen molar-refractivity contribution in [2.45, 2.75) is 33.0 Å². The van der Waals surface area contributed by atoms with E-state index in [2.05, 4.69) is 33.7 Å². The molecule has 132 valence electrons. The first-order chi connectivity index (χ1) is 12.8. The Bertz CT molecular complexity index is 901. The molecule has 0 saturated heterocycles. The lowest BCUT2D eigenvalue weighted by atomic mass is 10.2. The van der Waals surface area contributed by atoms with Crippen LogP contribution in [-0.2, 0) is 26.1 Å². The molecule has 0 radical (unpaired) electrons. The summed E-state index contributed by atoms with van der Waals surface area (Å²) in [5.41, 5.74) is 3.39. The van der Waals surface area contributed by atoms with Gasteiger partial charge in [0, 0.05) is 30.2 Å². The number of para-hydroxylation sites is 1. The average molecular weight is 364 g/mol. The molecule has 2 aromatic heterocycles. The van der Waals surface area contributed by atoms with E-state index >= 15 is 0 Å². The zero-order chi connectivity index (χ0) is 18.2. The maximum absolute atomic E-state index is 9.15. The lowest BCUT2D eigenvalue weighted by Gasteiger charge is -2.12. The van der Waals surface area contributed by atoms with Crippen LogP contribution in [0, 0.1) is 11.3 Å². The highest BCUT2D eigenvalue weighted by molar-refractivity contribution is 7.09. The molecule has 1 N–H and O–H groups in total. The van der Waals surface area contributed by atoms with Crippen LogP contribution in [0.4, 0.5) is 0 Å². The summed E-state index contributed by atoms with van der Waals surface area (Å²) in [7, 11) is 0. The molecule has 2 heterocycles. The van der Waals surface area contributed by atoms with E-state index in [-0.39, 0.29) is 6.61 Å². The molecule has 0 saturated carbocycles. The Labute approximate surface area is 157 Å². The molecule has 0 spiro atoms. The molecule has 3 rings (SSSR count). The van der Waals surface area contributed by atoms with E-state index in [0.717, 1.165) is 35.0 Å². The van der Waals surface area contributed by atoms with E-state index in [1.807, 2.05) is 24.3 Å². The smallest absolute Gasteiger partial charge is 0.132 e. The Morgan fingerprint density at radius 2 is 2.08 bits per heavy atom. The summed E-state index contributed by atoms with van der Waals surface area (Å²) in [6.45, 7) is 3.80. The van der Waals surface area contributed by atoms with Crippen LogP contribution < -0.4 is 10.1 Å². The summed E-state index contributed by atoms with van der Waals surface area (Å²) in [4.78, 5) is 8.80. The lowest BCUT2D eigenvalue weighted by Crippen LogP contribution is -2.13. The van der Waals surface area contributed by atoms with E-state index in [9.17, 15) is 0 Å². The predicted octanol–water partition coefficient (Wildman–Crippen LogP) is 3.84. The number of rotatable bonds is 8. The Hall–Kier alpha value is -2.75. The monoisotopic (exact) mass is 364 g/mol. The van der Waals surface area contributed by atoms with Crippen LogP contribution in [0.25, 0.3) is 0 Å². The maximum Gasteiger partial charge on any atom is 0.132 e. The van der Waals surface area contributed by atoms with Gasteiger partial charge in [-0.05, 0) is 24.6 Å². The second-order valence-electron chi connectivity index (χ2n) is 5.70. The van der Waals surface area contributed by atoms with Crippen molar-refractivity contribution < 1.29 is 4.74 Å². The van der Waals surface area contributed by atoms with Crippen LogP contribution in [0.5, 0.6) is 5.75 Å². The highest BCUT2D eigenvalue weighted by atomic mass is 32.1. The number of nitriles is 1. The van der Waals surface area contributed by atoms with E-state index in [1.54, 1.807) is 29.7 Å². The molecule has 0 fully saturated rings. The highest BCUT2D eigenvalue weighted by Gasteiger charge is 2.07. The first kappa shape index (κ1) is 18.1. The zero-order valence-electron chi connectivity index (χ0n) is 14.6. The molecule has 3 aromatic rings. The first-order valence-corrected chi connectivity index (χ1v) is 9.36. The van der Waals surface area contributed by atoms with Crippen molar-refractivity contribution in [2.75, 3.05) is 0 Å². The number of nitrogens with zero attached hydrogens (tertiary/aromatic N) is 3. The van der Waals surface area contributed by atoms with Crippen molar-refractivity contribution in [3.63, 3.8) is 0 Å². The molecule has 6 heteroatoms. The van der Waals surface area contributed by atoms with Gasteiger partial charge in [-0.2, -0.15) is 5.26 Å². The van der Waals surface area contributed by atoms with Gasteiger partial charge in [-0.25, -0.2) is 4.98 Å². The molecule has 0 aliphatic carbocycles. The number of hydrogen-bond donors (Lipinski definition) is 1. The molecule has 26 heavy (non-hydrogen) atoms. The van der Waals surface area contributed by atoms with Crippen LogP contribution in [0.3, 0.4) is 0 Å². The van der Waals surface area contributed by atoms with Gasteiger partial charge in [-0.3, -0.25) is 4.98 Å². The quantitative estimate of drug-likeness (QED) is 0.657. The molecule has 0 atom stereocenters. The van der Waals surface area contributed by atoms with Crippen LogP contribution >= 0.6 is 11.3 Å². The third-order valence-electron chi connectivity index (χ3n) is 3.90. The number of benzene rings is 1. The van der Waals surface area contributed by atoms with Crippen LogP contribution in [0.1, 0.15) is 34.4 Å². The number of aryl methyl sites for hydroxylation is 1. The second-order valence-corrected chi connectivity index (χ2v) is 6.64. The summed E-state index contributed by atoms with van der Waals surface area (Å²) < 4.78 is 5.92. The van der Waals surface area contributed by atoms with E-state index in [1.165, 1.54) is 0 Å². The van der Waals surface area contributed by atoms with Gasteiger partial charge in [-0.1, -0.05) is 25.1 Å². The number of hydrogen-bond acceptors (Lipinski definition) is 6. The number of thiazole rings is 1. The van der Waals surface area contributed by atoms with E-state index in [0.29, 0.717) is 17.8 Å². The minimum atomic E-state index is 0.271. The Morgan fingerprint density at radius 1 is 1.19 bits per heavy atom. The van der Waals surface area contributed by atoms with Gasteiger partial charge in [0.05, 0.1) is 17.0 Å². The molecule has 0 unspecified atom stereocenters. The number of aromatic nitrogens is 2. The molecular formula is C20H20N4OS. The van der Waals surface area contributed by atoms with E-state index < -0.39 is 0 Å². The maximum atomic E-state index is 9.15. The molecule has 0 bridgehead atoms. The fourth-order valence-corrected chi connectivity index (χ4v) is 3.34. The topological polar surface area (TPSA) is 70.8 Å². The normalized spacial score (nSPS) is 10.5. The van der Waals surface area contributed by atoms with Crippen LogP contribution in [0.2, 0.25) is 0 Å². The van der Waals surface area contributed by atoms with Crippen LogP contribution in [0.15, 0.2) is 48.0 Å². The van der Waals surface area contributed by atoms with Gasteiger partial charge in [0.25, 0.3) is 0 Å². The highest BCUT2D eigenvalue weighted by Crippen LogP contribution is 2.20. The molecular weight excluding hydrogens is 344 g/mol. The fraction of sp³-hybridized carbons (Fsp3) is 0.250. The lowest BCUT2D eigenvalue weighted by molar-refractivity contribution is 0.297. The van der Waals surface area contributed by atoms with Crippen molar-refractivity contribution in [1.29, 1.82) is 5.26 Å². The summed E-state index contributed by atoms with van der Waals surface area (Å²) in [5.74, 6) is 0.794. The van der Waals surface area contributed by atoms with Crippen molar-refractivity contribution in [3.05, 3.63) is 75.5 Å². The largest absolute Gasteiger partial charge is 0.487 e. The van der Waals surface area contributed by atoms with Crippen molar-refractivity contribution >= 4 is 11.3 Å². The molecule has 5 nitrogen and oxygen atoms in total. The summed E-state index contributed by atoms with van der Waals surface area (Å²) >= 11 is 1.68. The average Bonchev–Trinajstić information content (AvgIpc) is 3.15. The molecule has 0 aliphatic heterocycles. The molecule has 0 amide bonds. The third kappa shape index (κ3) is 4.66. The first-order valence-electron chi connectivity index (χ1n) is 8.49. The SMILES string of the molecule is CCc1csc(CNCc2ccccc2OCc2ncccc2C#N)n1. The minimum absolute atomic E-state index is 0.271. The summed E-state index contributed by atoms with van der Waals surface area (Å²) in [5, 5.41) is 15.8. The van der Waals surface area contributed by atoms with Gasteiger partial charge in [0.1, 0.15) is 23.4 Å². The number of pyridine rings is 1. The van der Waals surface area contributed by atoms with Gasteiger partial charge in [0.2, 0.25) is 0 Å². The summed E-state index contributed by atoms with van der Waals surface area (Å²) in [6, 6.07) is 13.5. The third-order valence-corrected chi connectivity index (χ3v) is 4.80. The number of nitrogens with one attached hydrogen (secondary N) is 1. The van der Waals surface area contributed by atoms with E-state index in [4.69, 9.17) is 10.00 Å². The van der Waals surface area contributed by atoms with Crippen molar-refractivity contribution in [3.8, 4) is 11.8 Å². The van der Waals surface area contributed by atoms with Gasteiger partial charge in [-0.15, -0.1) is 11.3 Å². The summed E-state index contributed by atoms with van der Waals surface area (Å²) in [6.07, 6.45) is 2.64. The molecule has 1 aromatic carbocycles.